The van der Waals surface area contributed by atoms with E-state index in [1.807, 2.05) is 12.1 Å². The third-order valence-corrected chi connectivity index (χ3v) is 3.39. The summed E-state index contributed by atoms with van der Waals surface area (Å²) >= 11 is 0. The number of aliphatic hydroxyl groups excluding tert-OH is 1. The summed E-state index contributed by atoms with van der Waals surface area (Å²) in [5.74, 6) is 0. The Kier molecular flexibility index (Phi) is 4.54. The van der Waals surface area contributed by atoms with E-state index in [0.717, 1.165) is 44.7 Å². The van der Waals surface area contributed by atoms with Crippen molar-refractivity contribution in [2.75, 3.05) is 32.7 Å². The van der Waals surface area contributed by atoms with Gasteiger partial charge in [-0.25, -0.2) is 0 Å². The van der Waals surface area contributed by atoms with Crippen molar-refractivity contribution in [2.45, 2.75) is 19.4 Å². The van der Waals surface area contributed by atoms with E-state index in [1.165, 1.54) is 5.56 Å². The van der Waals surface area contributed by atoms with Crippen molar-refractivity contribution < 1.29 is 5.11 Å². The summed E-state index contributed by atoms with van der Waals surface area (Å²) in [5.41, 5.74) is 2.35. The van der Waals surface area contributed by atoms with Crippen molar-refractivity contribution in [3.8, 4) is 0 Å². The smallest absolute Gasteiger partial charge is 0.0761 e. The highest BCUT2D eigenvalue weighted by atomic mass is 16.3. The molecule has 1 aliphatic heterocycles. The van der Waals surface area contributed by atoms with Crippen LogP contribution in [0.2, 0.25) is 0 Å². The number of nitrogens with one attached hydrogen (secondary N) is 1. The van der Waals surface area contributed by atoms with Gasteiger partial charge in [0.15, 0.2) is 0 Å². The number of aliphatic hydroxyl groups is 1. The van der Waals surface area contributed by atoms with Gasteiger partial charge in [-0.15, -0.1) is 0 Å². The molecule has 0 amide bonds. The average molecular weight is 234 g/mol. The molecule has 1 aliphatic rings. The largest absolute Gasteiger partial charge is 0.389 e. The van der Waals surface area contributed by atoms with E-state index in [1.54, 1.807) is 6.92 Å². The lowest BCUT2D eigenvalue weighted by Crippen LogP contribution is -2.44. The van der Waals surface area contributed by atoms with Crippen LogP contribution in [0.4, 0.5) is 0 Å². The zero-order valence-electron chi connectivity index (χ0n) is 10.5. The lowest BCUT2D eigenvalue weighted by atomic mass is 10.1. The van der Waals surface area contributed by atoms with E-state index in [9.17, 15) is 5.11 Å². The first-order valence-corrected chi connectivity index (χ1v) is 6.45. The molecular weight excluding hydrogens is 212 g/mol. The van der Waals surface area contributed by atoms with Crippen LogP contribution in [0.25, 0.3) is 0 Å². The van der Waals surface area contributed by atoms with Gasteiger partial charge in [0, 0.05) is 32.7 Å². The van der Waals surface area contributed by atoms with Crippen LogP contribution in [0.3, 0.4) is 0 Å². The summed E-state index contributed by atoms with van der Waals surface area (Å²) in [7, 11) is 0. The van der Waals surface area contributed by atoms with Gasteiger partial charge in [0.2, 0.25) is 0 Å². The maximum atomic E-state index is 9.43. The molecule has 94 valence electrons. The summed E-state index contributed by atoms with van der Waals surface area (Å²) in [5, 5.41) is 12.8. The molecule has 0 aliphatic carbocycles. The monoisotopic (exact) mass is 234 g/mol. The van der Waals surface area contributed by atoms with Crippen LogP contribution in [0.15, 0.2) is 24.3 Å². The Balaban J connectivity index is 1.82. The van der Waals surface area contributed by atoms with Crippen molar-refractivity contribution in [3.05, 3.63) is 35.4 Å². The highest BCUT2D eigenvalue weighted by molar-refractivity contribution is 5.24. The van der Waals surface area contributed by atoms with Crippen LogP contribution in [0, 0.1) is 0 Å². The molecule has 3 nitrogen and oxygen atoms in total. The maximum absolute atomic E-state index is 9.43. The molecule has 1 heterocycles. The van der Waals surface area contributed by atoms with Crippen LogP contribution in [-0.2, 0) is 6.42 Å². The minimum atomic E-state index is -0.364. The van der Waals surface area contributed by atoms with Crippen molar-refractivity contribution in [1.82, 2.24) is 10.2 Å². The van der Waals surface area contributed by atoms with Gasteiger partial charge in [-0.05, 0) is 24.5 Å². The van der Waals surface area contributed by atoms with Crippen LogP contribution in [0.1, 0.15) is 24.2 Å². The molecule has 0 spiro atoms. The van der Waals surface area contributed by atoms with Gasteiger partial charge in [0.1, 0.15) is 0 Å². The fraction of sp³-hybridized carbons (Fsp3) is 0.571. The van der Waals surface area contributed by atoms with Gasteiger partial charge in [-0.2, -0.15) is 0 Å². The Morgan fingerprint density at radius 3 is 2.47 bits per heavy atom. The standard InChI is InChI=1S/C14H22N2O/c1-12(17)14-4-2-13(3-5-14)6-9-16-10-7-15-8-11-16/h2-5,12,15,17H,6-11H2,1H3. The molecule has 2 N–H and O–H groups in total. The molecule has 0 saturated carbocycles. The molecule has 17 heavy (non-hydrogen) atoms. The molecule has 0 radical (unpaired) electrons. The molecule has 1 atom stereocenters. The molecule has 1 unspecified atom stereocenters. The number of rotatable bonds is 4. The zero-order valence-corrected chi connectivity index (χ0v) is 10.5. The Morgan fingerprint density at radius 1 is 1.24 bits per heavy atom. The third-order valence-electron chi connectivity index (χ3n) is 3.39. The quantitative estimate of drug-likeness (QED) is 0.821. The molecule has 0 aromatic heterocycles. The number of benzene rings is 1. The molecule has 2 rings (SSSR count). The fourth-order valence-corrected chi connectivity index (χ4v) is 2.18. The SMILES string of the molecule is CC(O)c1ccc(CCN2CCNCC2)cc1. The summed E-state index contributed by atoms with van der Waals surface area (Å²) in [4.78, 5) is 2.50. The molecule has 1 aromatic rings. The van der Waals surface area contributed by atoms with E-state index in [2.05, 4.69) is 22.3 Å². The van der Waals surface area contributed by atoms with E-state index in [4.69, 9.17) is 0 Å². The predicted octanol–water partition coefficient (Wildman–Crippen LogP) is 1.19. The molecule has 3 heteroatoms. The lowest BCUT2D eigenvalue weighted by molar-refractivity contribution is 0.199. The van der Waals surface area contributed by atoms with E-state index >= 15 is 0 Å². The van der Waals surface area contributed by atoms with Crippen molar-refractivity contribution in [1.29, 1.82) is 0 Å². The van der Waals surface area contributed by atoms with Gasteiger partial charge in [-0.3, -0.25) is 0 Å². The van der Waals surface area contributed by atoms with E-state index in [-0.39, 0.29) is 6.10 Å². The molecule has 1 aromatic carbocycles. The number of piperazine rings is 1. The summed E-state index contributed by atoms with van der Waals surface area (Å²) in [6, 6.07) is 8.31. The number of nitrogens with zero attached hydrogens (tertiary/aromatic N) is 1. The molecule has 1 saturated heterocycles. The fourth-order valence-electron chi connectivity index (χ4n) is 2.18. The van der Waals surface area contributed by atoms with E-state index < -0.39 is 0 Å². The Bertz CT molecular complexity index is 329. The minimum absolute atomic E-state index is 0.364. The predicted molar refractivity (Wildman–Crippen MR) is 70.1 cm³/mol. The highest BCUT2D eigenvalue weighted by Gasteiger charge is 2.09. The average Bonchev–Trinajstić information content (AvgIpc) is 2.38. The van der Waals surface area contributed by atoms with Crippen molar-refractivity contribution >= 4 is 0 Å². The first-order valence-electron chi connectivity index (χ1n) is 6.45. The molecule has 1 fully saturated rings. The van der Waals surface area contributed by atoms with Gasteiger partial charge < -0.3 is 15.3 Å². The van der Waals surface area contributed by atoms with Gasteiger partial charge >= 0.3 is 0 Å². The van der Waals surface area contributed by atoms with Crippen molar-refractivity contribution in [2.24, 2.45) is 0 Å². The zero-order chi connectivity index (χ0) is 12.1. The Morgan fingerprint density at radius 2 is 1.88 bits per heavy atom. The maximum Gasteiger partial charge on any atom is 0.0761 e. The summed E-state index contributed by atoms with van der Waals surface area (Å²) in [6.07, 6.45) is 0.734. The highest BCUT2D eigenvalue weighted by Crippen LogP contribution is 2.13. The molecule has 0 bridgehead atoms. The minimum Gasteiger partial charge on any atom is -0.389 e. The van der Waals surface area contributed by atoms with Gasteiger partial charge in [0.05, 0.1) is 6.10 Å². The Hall–Kier alpha value is -0.900. The third kappa shape index (κ3) is 3.80. The second-order valence-electron chi connectivity index (χ2n) is 4.76. The van der Waals surface area contributed by atoms with Gasteiger partial charge in [0.25, 0.3) is 0 Å². The van der Waals surface area contributed by atoms with Gasteiger partial charge in [-0.1, -0.05) is 24.3 Å². The van der Waals surface area contributed by atoms with Crippen LogP contribution >= 0.6 is 0 Å². The Labute approximate surface area is 103 Å². The second kappa shape index (κ2) is 6.15. The summed E-state index contributed by atoms with van der Waals surface area (Å²) < 4.78 is 0. The topological polar surface area (TPSA) is 35.5 Å². The first-order chi connectivity index (χ1) is 8.25. The van der Waals surface area contributed by atoms with Crippen LogP contribution in [0.5, 0.6) is 0 Å². The number of hydrogen-bond acceptors (Lipinski definition) is 3. The van der Waals surface area contributed by atoms with E-state index in [0.29, 0.717) is 0 Å². The normalized spacial score (nSPS) is 19.2. The van der Waals surface area contributed by atoms with Crippen molar-refractivity contribution in [3.63, 3.8) is 0 Å². The number of hydrogen-bond donors (Lipinski definition) is 2. The first kappa shape index (κ1) is 12.6. The van der Waals surface area contributed by atoms with Crippen LogP contribution in [-0.4, -0.2) is 42.7 Å². The van der Waals surface area contributed by atoms with Crippen LogP contribution < -0.4 is 5.32 Å². The summed E-state index contributed by atoms with van der Waals surface area (Å²) in [6.45, 7) is 7.48. The lowest BCUT2D eigenvalue weighted by Gasteiger charge is -2.27. The second-order valence-corrected chi connectivity index (χ2v) is 4.76. The molecular formula is C14H22N2O.